The van der Waals surface area contributed by atoms with Crippen LogP contribution in [0.4, 0.5) is 0 Å². The van der Waals surface area contributed by atoms with E-state index in [9.17, 15) is 9.59 Å². The molecule has 2 aromatic carbocycles. The number of H-pyrrole nitrogens is 1. The molecule has 1 N–H and O–H groups in total. The van der Waals surface area contributed by atoms with Crippen LogP contribution in [-0.4, -0.2) is 35.8 Å². The number of aromatic amines is 1. The van der Waals surface area contributed by atoms with Crippen molar-refractivity contribution in [1.29, 1.82) is 0 Å². The molecule has 4 aromatic rings. The fourth-order valence-electron chi connectivity index (χ4n) is 4.85. The molecule has 196 valence electrons. The number of allylic oxidation sites excluding steroid dienone is 1. The van der Waals surface area contributed by atoms with Gasteiger partial charge in [0.25, 0.3) is 5.56 Å². The number of fused-ring (bicyclic) bond motifs is 2. The van der Waals surface area contributed by atoms with E-state index in [2.05, 4.69) is 9.98 Å². The van der Waals surface area contributed by atoms with Crippen LogP contribution in [0.3, 0.4) is 0 Å². The van der Waals surface area contributed by atoms with Gasteiger partial charge in [-0.2, -0.15) is 0 Å². The molecule has 1 aliphatic heterocycles. The summed E-state index contributed by atoms with van der Waals surface area (Å²) >= 11 is 1.30. The quantitative estimate of drug-likeness (QED) is 0.364. The zero-order chi connectivity index (χ0) is 27.0. The van der Waals surface area contributed by atoms with Crippen molar-refractivity contribution in [2.24, 2.45) is 4.99 Å². The Morgan fingerprint density at radius 1 is 1.13 bits per heavy atom. The number of aromatic nitrogens is 2. The summed E-state index contributed by atoms with van der Waals surface area (Å²) in [6.07, 6.45) is 1.90. The fourth-order valence-corrected chi connectivity index (χ4v) is 5.88. The second-order valence-electron chi connectivity index (χ2n) is 8.85. The van der Waals surface area contributed by atoms with E-state index in [4.69, 9.17) is 14.2 Å². The molecule has 1 atom stereocenters. The highest BCUT2D eigenvalue weighted by Crippen LogP contribution is 2.36. The maximum absolute atomic E-state index is 14.0. The number of benzene rings is 2. The highest BCUT2D eigenvalue weighted by molar-refractivity contribution is 7.07. The molecular weight excluding hydrogens is 502 g/mol. The summed E-state index contributed by atoms with van der Waals surface area (Å²) in [5, 5.41) is 1.03. The number of para-hydroxylation sites is 1. The third-order valence-electron chi connectivity index (χ3n) is 6.54. The number of carbonyl (C=O) groups excluding carboxylic acids is 1. The van der Waals surface area contributed by atoms with Crippen LogP contribution in [0.2, 0.25) is 0 Å². The van der Waals surface area contributed by atoms with Crippen molar-refractivity contribution in [1.82, 2.24) is 9.55 Å². The van der Waals surface area contributed by atoms with Gasteiger partial charge in [-0.15, -0.1) is 0 Å². The molecule has 8 nitrogen and oxygen atoms in total. The lowest BCUT2D eigenvalue weighted by Crippen LogP contribution is -2.40. The number of hydrogen-bond donors (Lipinski definition) is 1. The Morgan fingerprint density at radius 3 is 2.66 bits per heavy atom. The van der Waals surface area contributed by atoms with Crippen molar-refractivity contribution >= 4 is 34.3 Å². The molecule has 0 fully saturated rings. The molecule has 38 heavy (non-hydrogen) atoms. The van der Waals surface area contributed by atoms with Gasteiger partial charge >= 0.3 is 5.97 Å². The van der Waals surface area contributed by atoms with Crippen LogP contribution in [0, 0.1) is 6.92 Å². The summed E-state index contributed by atoms with van der Waals surface area (Å²) in [7, 11) is 1.57. The number of carbonyl (C=O) groups is 1. The van der Waals surface area contributed by atoms with Gasteiger partial charge in [0.05, 0.1) is 42.2 Å². The monoisotopic (exact) mass is 531 g/mol. The summed E-state index contributed by atoms with van der Waals surface area (Å²) < 4.78 is 18.8. The van der Waals surface area contributed by atoms with Crippen molar-refractivity contribution in [2.75, 3.05) is 20.3 Å². The maximum Gasteiger partial charge on any atom is 0.338 e. The number of thiazole rings is 1. The second kappa shape index (κ2) is 10.3. The minimum atomic E-state index is -0.735. The summed E-state index contributed by atoms with van der Waals surface area (Å²) in [5.74, 6) is 0.590. The fraction of sp³-hybridized carbons (Fsp3) is 0.276. The van der Waals surface area contributed by atoms with Gasteiger partial charge in [-0.3, -0.25) is 9.36 Å². The topological polar surface area (TPSA) is 94.9 Å². The molecule has 0 spiro atoms. The molecule has 0 amide bonds. The number of hydrogen-bond acceptors (Lipinski definition) is 7. The average molecular weight is 532 g/mol. The van der Waals surface area contributed by atoms with Gasteiger partial charge in [-0.1, -0.05) is 35.6 Å². The van der Waals surface area contributed by atoms with Crippen LogP contribution in [-0.2, 0) is 9.53 Å². The number of nitrogens with zero attached hydrogens (tertiary/aromatic N) is 2. The predicted molar refractivity (Wildman–Crippen MR) is 148 cm³/mol. The largest absolute Gasteiger partial charge is 0.493 e. The first-order chi connectivity index (χ1) is 18.4. The van der Waals surface area contributed by atoms with Crippen LogP contribution in [0.25, 0.3) is 17.0 Å². The molecule has 2 aromatic heterocycles. The molecule has 9 heteroatoms. The Labute approximate surface area is 223 Å². The molecule has 0 radical (unpaired) electrons. The van der Waals surface area contributed by atoms with Gasteiger partial charge < -0.3 is 19.2 Å². The first-order valence-electron chi connectivity index (χ1n) is 12.5. The highest BCUT2D eigenvalue weighted by Gasteiger charge is 2.34. The predicted octanol–water partition coefficient (Wildman–Crippen LogP) is 4.00. The van der Waals surface area contributed by atoms with E-state index >= 15 is 0 Å². The standard InChI is InChI=1S/C29H29N3O5S/c1-6-36-23-14-18(12-13-22(23)35-5)26-25(28(34)37-7-2)17(4)31-29-32(26)27(33)24(38-29)15-20-16(3)30-21-11-9-8-10-19(20)21/h8-15,26,30H,6-7H2,1-5H3/t26-/m1/s1. The summed E-state index contributed by atoms with van der Waals surface area (Å²) in [6, 6.07) is 12.7. The van der Waals surface area contributed by atoms with E-state index in [1.807, 2.05) is 56.3 Å². The Balaban J connectivity index is 1.76. The maximum atomic E-state index is 14.0. The van der Waals surface area contributed by atoms with Crippen LogP contribution in [0.1, 0.15) is 43.6 Å². The lowest BCUT2D eigenvalue weighted by molar-refractivity contribution is -0.139. The Hall–Kier alpha value is -4.11. The molecule has 1 aliphatic rings. The molecule has 0 bridgehead atoms. The minimum absolute atomic E-state index is 0.208. The zero-order valence-corrected chi connectivity index (χ0v) is 22.8. The van der Waals surface area contributed by atoms with Gasteiger partial charge in [-0.05, 0) is 57.5 Å². The van der Waals surface area contributed by atoms with Crippen LogP contribution < -0.4 is 24.4 Å². The van der Waals surface area contributed by atoms with Crippen molar-refractivity contribution in [3.05, 3.63) is 90.2 Å². The first-order valence-corrected chi connectivity index (χ1v) is 13.3. The number of esters is 1. The molecule has 3 heterocycles. The zero-order valence-electron chi connectivity index (χ0n) is 22.0. The van der Waals surface area contributed by atoms with Gasteiger partial charge in [0.1, 0.15) is 0 Å². The third-order valence-corrected chi connectivity index (χ3v) is 7.52. The Morgan fingerprint density at radius 2 is 1.92 bits per heavy atom. The lowest BCUT2D eigenvalue weighted by atomic mass is 9.95. The smallest absolute Gasteiger partial charge is 0.338 e. The molecule has 0 saturated heterocycles. The average Bonchev–Trinajstić information content (AvgIpc) is 3.38. The Kier molecular flexibility index (Phi) is 6.94. The molecule has 5 rings (SSSR count). The van der Waals surface area contributed by atoms with E-state index in [-0.39, 0.29) is 12.2 Å². The first kappa shape index (κ1) is 25.5. The van der Waals surface area contributed by atoms with E-state index in [0.717, 1.165) is 22.2 Å². The Bertz CT molecular complexity index is 1760. The second-order valence-corrected chi connectivity index (χ2v) is 9.86. The normalized spacial score (nSPS) is 15.4. The number of nitrogens with one attached hydrogen (secondary N) is 1. The summed E-state index contributed by atoms with van der Waals surface area (Å²) in [4.78, 5) is 35.7. The number of aryl methyl sites for hydroxylation is 1. The minimum Gasteiger partial charge on any atom is -0.493 e. The van der Waals surface area contributed by atoms with E-state index in [1.165, 1.54) is 11.3 Å². The van der Waals surface area contributed by atoms with Crippen molar-refractivity contribution < 1.29 is 19.0 Å². The molecular formula is C29H29N3O5S. The highest BCUT2D eigenvalue weighted by atomic mass is 32.1. The number of ether oxygens (including phenoxy) is 3. The number of rotatable bonds is 7. The van der Waals surface area contributed by atoms with Crippen molar-refractivity contribution in [2.45, 2.75) is 33.7 Å². The van der Waals surface area contributed by atoms with Crippen LogP contribution in [0.5, 0.6) is 11.5 Å². The molecule has 0 aliphatic carbocycles. The van der Waals surface area contributed by atoms with E-state index < -0.39 is 12.0 Å². The lowest BCUT2D eigenvalue weighted by Gasteiger charge is -2.25. The van der Waals surface area contributed by atoms with E-state index in [1.54, 1.807) is 31.6 Å². The van der Waals surface area contributed by atoms with E-state index in [0.29, 0.717) is 44.3 Å². The van der Waals surface area contributed by atoms with Crippen molar-refractivity contribution in [3.8, 4) is 11.5 Å². The summed E-state index contributed by atoms with van der Waals surface area (Å²) in [5.41, 5.74) is 4.22. The van der Waals surface area contributed by atoms with Crippen LogP contribution >= 0.6 is 11.3 Å². The van der Waals surface area contributed by atoms with Gasteiger partial charge in [-0.25, -0.2) is 9.79 Å². The summed E-state index contributed by atoms with van der Waals surface area (Å²) in [6.45, 7) is 8.04. The third kappa shape index (κ3) is 4.32. The van der Waals surface area contributed by atoms with Crippen LogP contribution in [0.15, 0.2) is 63.5 Å². The van der Waals surface area contributed by atoms with Gasteiger partial charge in [0.15, 0.2) is 16.3 Å². The number of methoxy groups -OCH3 is 1. The van der Waals surface area contributed by atoms with Crippen molar-refractivity contribution in [3.63, 3.8) is 0 Å². The molecule has 0 saturated carbocycles. The van der Waals surface area contributed by atoms with Gasteiger partial charge in [0.2, 0.25) is 0 Å². The molecule has 0 unspecified atom stereocenters. The SMILES string of the molecule is CCOC(=O)C1=C(C)N=c2sc(=Cc3c(C)[nH]c4ccccc34)c(=O)n2[C@@H]1c1ccc(OC)c(OCC)c1. The van der Waals surface area contributed by atoms with Gasteiger partial charge in [0, 0.05) is 22.2 Å².